The molecule has 8 nitrogen and oxygen atoms in total. The zero-order chi connectivity index (χ0) is 23.8. The number of aromatic nitrogens is 3. The van der Waals surface area contributed by atoms with Crippen LogP contribution < -0.4 is 10.6 Å². The fraction of sp³-hybridized carbons (Fsp3) is 0.375. The number of anilines is 2. The molecule has 2 amide bonds. The van der Waals surface area contributed by atoms with Crippen LogP contribution in [0.4, 0.5) is 11.4 Å². The van der Waals surface area contributed by atoms with Crippen molar-refractivity contribution in [1.29, 1.82) is 0 Å². The summed E-state index contributed by atoms with van der Waals surface area (Å²) in [5, 5.41) is 6.68. The van der Waals surface area contributed by atoms with Crippen LogP contribution in [-0.4, -0.2) is 44.4 Å². The van der Waals surface area contributed by atoms with E-state index >= 15 is 0 Å². The van der Waals surface area contributed by atoms with Gasteiger partial charge in [0.2, 0.25) is 5.91 Å². The van der Waals surface area contributed by atoms with Gasteiger partial charge in [-0.25, -0.2) is 0 Å². The second kappa shape index (κ2) is 11.9. The molecule has 0 unspecified atom stereocenters. The SMILES string of the molecule is O=C(Nc1ccncc1)[C@H](CC1CCCCC1)N(CNc1cncc(Cl)c1)C(=O)c1cncs1. The molecular formula is C24H27ClN6O2S. The lowest BCUT2D eigenvalue weighted by molar-refractivity contribution is -0.121. The molecule has 0 bridgehead atoms. The van der Waals surface area contributed by atoms with Crippen LogP contribution in [0.25, 0.3) is 0 Å². The maximum absolute atomic E-state index is 13.6. The largest absolute Gasteiger partial charge is 0.366 e. The van der Waals surface area contributed by atoms with E-state index in [0.29, 0.717) is 33.6 Å². The van der Waals surface area contributed by atoms with E-state index in [2.05, 4.69) is 25.6 Å². The Labute approximate surface area is 207 Å². The van der Waals surface area contributed by atoms with E-state index in [9.17, 15) is 9.59 Å². The smallest absolute Gasteiger partial charge is 0.267 e. The van der Waals surface area contributed by atoms with Gasteiger partial charge in [-0.3, -0.25) is 24.5 Å². The molecule has 3 aromatic rings. The molecule has 178 valence electrons. The predicted octanol–water partition coefficient (Wildman–Crippen LogP) is 5.08. The summed E-state index contributed by atoms with van der Waals surface area (Å²) >= 11 is 7.34. The number of hydrogen-bond acceptors (Lipinski definition) is 7. The van der Waals surface area contributed by atoms with Gasteiger partial charge in [-0.1, -0.05) is 43.7 Å². The van der Waals surface area contributed by atoms with Crippen LogP contribution in [0.3, 0.4) is 0 Å². The summed E-state index contributed by atoms with van der Waals surface area (Å²) < 4.78 is 0. The molecule has 1 atom stereocenters. The number of amides is 2. The second-order valence-electron chi connectivity index (χ2n) is 8.35. The molecule has 2 N–H and O–H groups in total. The number of nitrogens with one attached hydrogen (secondary N) is 2. The molecule has 34 heavy (non-hydrogen) atoms. The van der Waals surface area contributed by atoms with Gasteiger partial charge < -0.3 is 15.5 Å². The number of rotatable bonds is 9. The maximum Gasteiger partial charge on any atom is 0.267 e. The minimum Gasteiger partial charge on any atom is -0.366 e. The Bertz CT molecular complexity index is 1080. The van der Waals surface area contributed by atoms with Crippen molar-refractivity contribution >= 4 is 46.1 Å². The number of hydrogen-bond donors (Lipinski definition) is 2. The van der Waals surface area contributed by atoms with E-state index in [4.69, 9.17) is 11.6 Å². The molecule has 0 radical (unpaired) electrons. The molecule has 3 heterocycles. The van der Waals surface area contributed by atoms with Gasteiger partial charge in [0.15, 0.2) is 0 Å². The molecule has 0 spiro atoms. The molecule has 3 aromatic heterocycles. The normalized spacial score (nSPS) is 14.9. The number of carbonyl (C=O) groups excluding carboxylic acids is 2. The van der Waals surface area contributed by atoms with Gasteiger partial charge in [-0.15, -0.1) is 11.3 Å². The summed E-state index contributed by atoms with van der Waals surface area (Å²) in [5.41, 5.74) is 2.93. The first-order chi connectivity index (χ1) is 16.6. The fourth-order valence-electron chi connectivity index (χ4n) is 4.25. The highest BCUT2D eigenvalue weighted by atomic mass is 35.5. The zero-order valence-electron chi connectivity index (χ0n) is 18.7. The lowest BCUT2D eigenvalue weighted by Crippen LogP contribution is -2.50. The summed E-state index contributed by atoms with van der Waals surface area (Å²) in [6, 6.07) is 4.55. The van der Waals surface area contributed by atoms with E-state index in [-0.39, 0.29) is 18.5 Å². The first-order valence-electron chi connectivity index (χ1n) is 11.3. The first-order valence-corrected chi connectivity index (χ1v) is 12.6. The molecule has 4 rings (SSSR count). The van der Waals surface area contributed by atoms with Crippen LogP contribution in [0.5, 0.6) is 0 Å². The van der Waals surface area contributed by atoms with Crippen molar-refractivity contribution in [2.45, 2.75) is 44.6 Å². The van der Waals surface area contributed by atoms with Crippen LogP contribution >= 0.6 is 22.9 Å². The van der Waals surface area contributed by atoms with E-state index in [1.54, 1.807) is 59.6 Å². The fourth-order valence-corrected chi connectivity index (χ4v) is 5.00. The van der Waals surface area contributed by atoms with E-state index in [1.807, 2.05) is 0 Å². The molecule has 1 aliphatic rings. The molecule has 1 aliphatic carbocycles. The summed E-state index contributed by atoms with van der Waals surface area (Å²) in [7, 11) is 0. The predicted molar refractivity (Wildman–Crippen MR) is 134 cm³/mol. The topological polar surface area (TPSA) is 100 Å². The quantitative estimate of drug-likeness (QED) is 0.399. The third-order valence-electron chi connectivity index (χ3n) is 5.97. The highest BCUT2D eigenvalue weighted by molar-refractivity contribution is 7.11. The van der Waals surface area contributed by atoms with Crippen LogP contribution in [-0.2, 0) is 4.79 Å². The van der Waals surface area contributed by atoms with Gasteiger partial charge in [-0.2, -0.15) is 0 Å². The summed E-state index contributed by atoms with van der Waals surface area (Å²) in [5.74, 6) is -0.0807. The number of carbonyl (C=O) groups is 2. The van der Waals surface area contributed by atoms with Crippen molar-refractivity contribution in [1.82, 2.24) is 19.9 Å². The number of halogens is 1. The van der Waals surface area contributed by atoms with Gasteiger partial charge in [0.05, 0.1) is 35.3 Å². The molecule has 0 aliphatic heterocycles. The van der Waals surface area contributed by atoms with Crippen molar-refractivity contribution in [3.63, 3.8) is 0 Å². The van der Waals surface area contributed by atoms with Crippen molar-refractivity contribution in [2.75, 3.05) is 17.3 Å². The van der Waals surface area contributed by atoms with Crippen molar-refractivity contribution in [2.24, 2.45) is 5.92 Å². The average Bonchev–Trinajstić information content (AvgIpc) is 3.40. The summed E-state index contributed by atoms with van der Waals surface area (Å²) in [6.45, 7) is 0.125. The van der Waals surface area contributed by atoms with E-state index < -0.39 is 6.04 Å². The Kier molecular flexibility index (Phi) is 8.43. The highest BCUT2D eigenvalue weighted by Crippen LogP contribution is 2.30. The minimum atomic E-state index is -0.662. The van der Waals surface area contributed by atoms with E-state index in [0.717, 1.165) is 25.7 Å². The Hall–Kier alpha value is -3.04. The highest BCUT2D eigenvalue weighted by Gasteiger charge is 2.33. The number of nitrogens with zero attached hydrogens (tertiary/aromatic N) is 4. The van der Waals surface area contributed by atoms with Crippen LogP contribution in [0.15, 0.2) is 54.7 Å². The molecule has 0 saturated heterocycles. The molecule has 0 aromatic carbocycles. The Morgan fingerprint density at radius 2 is 1.85 bits per heavy atom. The first kappa shape index (κ1) is 24.1. The Balaban J connectivity index is 1.61. The summed E-state index contributed by atoms with van der Waals surface area (Å²) in [6.07, 6.45) is 14.2. The van der Waals surface area contributed by atoms with Gasteiger partial charge in [0, 0.05) is 24.3 Å². The average molecular weight is 499 g/mol. The number of pyridine rings is 2. The van der Waals surface area contributed by atoms with Crippen LogP contribution in [0.2, 0.25) is 5.02 Å². The molecular weight excluding hydrogens is 472 g/mol. The standard InChI is InChI=1S/C24H27ClN6O2S/c25-18-11-20(13-27-12-18)29-15-31(24(33)22-14-28-16-34-22)21(10-17-4-2-1-3-5-17)23(32)30-19-6-8-26-9-7-19/h6-9,11-14,16-17,21,29H,1-5,10,15H2,(H,26,30,32)/t21-/m0/s1. The Morgan fingerprint density at radius 3 is 2.56 bits per heavy atom. The van der Waals surface area contributed by atoms with Crippen LogP contribution in [0.1, 0.15) is 48.2 Å². The van der Waals surface area contributed by atoms with Gasteiger partial charge in [0.1, 0.15) is 10.9 Å². The molecule has 1 saturated carbocycles. The van der Waals surface area contributed by atoms with Crippen LogP contribution in [0, 0.1) is 5.92 Å². The number of thiazole rings is 1. The third kappa shape index (κ3) is 6.51. The molecule has 10 heteroatoms. The van der Waals surface area contributed by atoms with Crippen molar-refractivity contribution in [3.05, 3.63) is 64.6 Å². The van der Waals surface area contributed by atoms with Gasteiger partial charge in [-0.05, 0) is 30.5 Å². The Morgan fingerprint density at radius 1 is 1.06 bits per heavy atom. The van der Waals surface area contributed by atoms with Crippen molar-refractivity contribution in [3.8, 4) is 0 Å². The van der Waals surface area contributed by atoms with Gasteiger partial charge in [0.25, 0.3) is 5.91 Å². The summed E-state index contributed by atoms with van der Waals surface area (Å²) in [4.78, 5) is 41.4. The third-order valence-corrected chi connectivity index (χ3v) is 6.94. The van der Waals surface area contributed by atoms with Gasteiger partial charge >= 0.3 is 0 Å². The zero-order valence-corrected chi connectivity index (χ0v) is 20.3. The monoisotopic (exact) mass is 498 g/mol. The minimum absolute atomic E-state index is 0.125. The van der Waals surface area contributed by atoms with E-state index in [1.165, 1.54) is 17.8 Å². The lowest BCUT2D eigenvalue weighted by atomic mass is 9.84. The molecule has 1 fully saturated rings. The van der Waals surface area contributed by atoms with Crippen molar-refractivity contribution < 1.29 is 9.59 Å². The second-order valence-corrected chi connectivity index (χ2v) is 9.67. The maximum atomic E-state index is 13.6. The lowest BCUT2D eigenvalue weighted by Gasteiger charge is -2.34.